The maximum absolute atomic E-state index is 11.3. The van der Waals surface area contributed by atoms with E-state index in [1.54, 1.807) is 15.6 Å². The summed E-state index contributed by atoms with van der Waals surface area (Å²) in [7, 11) is 0. The van der Waals surface area contributed by atoms with E-state index in [-0.39, 0.29) is 5.69 Å². The van der Waals surface area contributed by atoms with Crippen LogP contribution >= 0.6 is 0 Å². The highest BCUT2D eigenvalue weighted by Gasteiger charge is 2.21. The van der Waals surface area contributed by atoms with Crippen LogP contribution < -0.4 is 0 Å². The molecule has 0 unspecified atom stereocenters. The molecular weight excluding hydrogens is 270 g/mol. The summed E-state index contributed by atoms with van der Waals surface area (Å²) in [5.41, 5.74) is 1.27. The van der Waals surface area contributed by atoms with Crippen molar-refractivity contribution in [1.29, 1.82) is 0 Å². The Balaban J connectivity index is 2.26. The first-order chi connectivity index (χ1) is 10.2. The van der Waals surface area contributed by atoms with Crippen LogP contribution in [0.2, 0.25) is 0 Å². The molecule has 0 aliphatic heterocycles. The van der Waals surface area contributed by atoms with Crippen LogP contribution in [0.25, 0.3) is 11.3 Å². The number of aryl methyl sites for hydroxylation is 2. The second-order valence-corrected chi connectivity index (χ2v) is 4.96. The van der Waals surface area contributed by atoms with Crippen molar-refractivity contribution in [1.82, 2.24) is 24.8 Å². The molecule has 0 amide bonds. The van der Waals surface area contributed by atoms with Crippen LogP contribution in [0.1, 0.15) is 50.0 Å². The first-order valence-corrected chi connectivity index (χ1v) is 7.37. The minimum absolute atomic E-state index is 0.0128. The number of unbranched alkanes of at least 4 members (excludes halogenated alkanes) is 3. The molecule has 0 aliphatic rings. The minimum Gasteiger partial charge on any atom is -0.476 e. The third-order valence-electron chi connectivity index (χ3n) is 3.39. The molecule has 7 nitrogen and oxygen atoms in total. The van der Waals surface area contributed by atoms with Crippen molar-refractivity contribution < 1.29 is 9.90 Å². The number of carbonyl (C=O) groups is 1. The quantitative estimate of drug-likeness (QED) is 0.755. The Labute approximate surface area is 123 Å². The summed E-state index contributed by atoms with van der Waals surface area (Å²) in [5.74, 6) is -1.06. The fourth-order valence-corrected chi connectivity index (χ4v) is 2.25. The minimum atomic E-state index is -1.06. The standard InChI is InChI=1S/C14H21N5O2/c1-3-5-6-7-8-19-13(12(14(20)21)16-17-19)11-9-15-18(4-2)10-11/h9-10H,3-8H2,1-2H3,(H,20,21). The zero-order valence-electron chi connectivity index (χ0n) is 12.5. The van der Waals surface area contributed by atoms with E-state index in [0.29, 0.717) is 12.2 Å². The van der Waals surface area contributed by atoms with E-state index in [1.807, 2.05) is 13.1 Å². The van der Waals surface area contributed by atoms with Crippen LogP contribution in [0.15, 0.2) is 12.4 Å². The van der Waals surface area contributed by atoms with Gasteiger partial charge in [-0.1, -0.05) is 31.4 Å². The molecule has 7 heteroatoms. The molecule has 2 aromatic rings. The van der Waals surface area contributed by atoms with E-state index in [1.165, 1.54) is 6.42 Å². The van der Waals surface area contributed by atoms with E-state index in [2.05, 4.69) is 22.3 Å². The van der Waals surface area contributed by atoms with Gasteiger partial charge in [0.25, 0.3) is 0 Å². The molecule has 2 heterocycles. The Bertz CT molecular complexity index is 602. The Morgan fingerprint density at radius 2 is 2.10 bits per heavy atom. The molecule has 0 saturated carbocycles. The first kappa shape index (κ1) is 15.2. The van der Waals surface area contributed by atoms with E-state index in [4.69, 9.17) is 0 Å². The molecule has 0 atom stereocenters. The van der Waals surface area contributed by atoms with Crippen molar-refractivity contribution in [2.45, 2.75) is 52.6 Å². The fraction of sp³-hybridized carbons (Fsp3) is 0.571. The van der Waals surface area contributed by atoms with Crippen LogP contribution in [0, 0.1) is 0 Å². The van der Waals surface area contributed by atoms with E-state index in [9.17, 15) is 9.90 Å². The maximum atomic E-state index is 11.3. The Morgan fingerprint density at radius 1 is 1.29 bits per heavy atom. The van der Waals surface area contributed by atoms with Gasteiger partial charge < -0.3 is 5.11 Å². The highest BCUT2D eigenvalue weighted by molar-refractivity contribution is 5.92. The van der Waals surface area contributed by atoms with Gasteiger partial charge in [-0.15, -0.1) is 5.10 Å². The lowest BCUT2D eigenvalue weighted by molar-refractivity contribution is 0.0691. The maximum Gasteiger partial charge on any atom is 0.358 e. The topological polar surface area (TPSA) is 85.8 Å². The normalized spacial score (nSPS) is 11.0. The lowest BCUT2D eigenvalue weighted by Crippen LogP contribution is -2.05. The van der Waals surface area contributed by atoms with E-state index in [0.717, 1.165) is 31.4 Å². The predicted octanol–water partition coefficient (Wildman–Crippen LogP) is 2.44. The van der Waals surface area contributed by atoms with Gasteiger partial charge in [0.05, 0.1) is 6.20 Å². The Hall–Kier alpha value is -2.18. The third-order valence-corrected chi connectivity index (χ3v) is 3.39. The van der Waals surface area contributed by atoms with Crippen molar-refractivity contribution in [3.05, 3.63) is 18.1 Å². The summed E-state index contributed by atoms with van der Waals surface area (Å²) in [6, 6.07) is 0. The van der Waals surface area contributed by atoms with Crippen LogP contribution in [-0.4, -0.2) is 35.9 Å². The molecule has 21 heavy (non-hydrogen) atoms. The molecule has 0 spiro atoms. The number of nitrogens with zero attached hydrogens (tertiary/aromatic N) is 5. The number of hydrogen-bond donors (Lipinski definition) is 1. The highest BCUT2D eigenvalue weighted by atomic mass is 16.4. The monoisotopic (exact) mass is 291 g/mol. The van der Waals surface area contributed by atoms with E-state index < -0.39 is 5.97 Å². The van der Waals surface area contributed by atoms with Crippen molar-refractivity contribution in [2.75, 3.05) is 0 Å². The summed E-state index contributed by atoms with van der Waals surface area (Å²) in [6.45, 7) is 5.55. The van der Waals surface area contributed by atoms with Crippen LogP contribution in [-0.2, 0) is 13.1 Å². The van der Waals surface area contributed by atoms with Gasteiger partial charge in [0, 0.05) is 24.8 Å². The molecule has 0 radical (unpaired) electrons. The van der Waals surface area contributed by atoms with Gasteiger partial charge in [0.1, 0.15) is 5.69 Å². The summed E-state index contributed by atoms with van der Waals surface area (Å²) in [4.78, 5) is 11.3. The first-order valence-electron chi connectivity index (χ1n) is 7.37. The van der Waals surface area contributed by atoms with Crippen LogP contribution in [0.5, 0.6) is 0 Å². The van der Waals surface area contributed by atoms with Crippen LogP contribution in [0.4, 0.5) is 0 Å². The number of hydrogen-bond acceptors (Lipinski definition) is 4. The molecule has 0 bridgehead atoms. The van der Waals surface area contributed by atoms with Crippen LogP contribution in [0.3, 0.4) is 0 Å². The van der Waals surface area contributed by atoms with Gasteiger partial charge in [0.15, 0.2) is 5.69 Å². The van der Waals surface area contributed by atoms with Crippen molar-refractivity contribution in [2.24, 2.45) is 0 Å². The van der Waals surface area contributed by atoms with Crippen molar-refractivity contribution in [3.63, 3.8) is 0 Å². The second kappa shape index (κ2) is 7.01. The largest absolute Gasteiger partial charge is 0.476 e. The van der Waals surface area contributed by atoms with E-state index >= 15 is 0 Å². The SMILES string of the molecule is CCCCCCn1nnc(C(=O)O)c1-c1cnn(CC)c1. The zero-order valence-corrected chi connectivity index (χ0v) is 12.5. The number of rotatable bonds is 8. The molecule has 0 aromatic carbocycles. The predicted molar refractivity (Wildman–Crippen MR) is 78.0 cm³/mol. The molecule has 2 rings (SSSR count). The zero-order chi connectivity index (χ0) is 15.2. The molecule has 114 valence electrons. The average molecular weight is 291 g/mol. The lowest BCUT2D eigenvalue weighted by atomic mass is 10.2. The smallest absolute Gasteiger partial charge is 0.358 e. The Kier molecular flexibility index (Phi) is 5.08. The van der Waals surface area contributed by atoms with Gasteiger partial charge in [-0.3, -0.25) is 4.68 Å². The highest BCUT2D eigenvalue weighted by Crippen LogP contribution is 2.22. The molecule has 2 aromatic heterocycles. The molecule has 0 fully saturated rings. The molecule has 0 aliphatic carbocycles. The third kappa shape index (κ3) is 3.48. The molecule has 0 saturated heterocycles. The van der Waals surface area contributed by atoms with Gasteiger partial charge in [-0.05, 0) is 13.3 Å². The fourth-order valence-electron chi connectivity index (χ4n) is 2.25. The summed E-state index contributed by atoms with van der Waals surface area (Å²) < 4.78 is 3.44. The number of aromatic carboxylic acids is 1. The van der Waals surface area contributed by atoms with Crippen molar-refractivity contribution in [3.8, 4) is 11.3 Å². The number of carboxylic acids is 1. The van der Waals surface area contributed by atoms with Gasteiger partial charge in [0.2, 0.25) is 0 Å². The second-order valence-electron chi connectivity index (χ2n) is 4.96. The van der Waals surface area contributed by atoms with Gasteiger partial charge in [-0.2, -0.15) is 5.10 Å². The molecular formula is C14H21N5O2. The average Bonchev–Trinajstić information content (AvgIpc) is 3.09. The number of aromatic nitrogens is 5. The van der Waals surface area contributed by atoms with Gasteiger partial charge >= 0.3 is 5.97 Å². The van der Waals surface area contributed by atoms with Crippen molar-refractivity contribution >= 4 is 5.97 Å². The summed E-state index contributed by atoms with van der Waals surface area (Å²) in [6.07, 6.45) is 7.89. The summed E-state index contributed by atoms with van der Waals surface area (Å²) in [5, 5.41) is 21.3. The molecule has 1 N–H and O–H groups in total. The number of carboxylic acid groups (broad SMARTS) is 1. The van der Waals surface area contributed by atoms with Gasteiger partial charge in [-0.25, -0.2) is 9.48 Å². The lowest BCUT2D eigenvalue weighted by Gasteiger charge is -2.05. The Morgan fingerprint density at radius 3 is 2.71 bits per heavy atom. The summed E-state index contributed by atoms with van der Waals surface area (Å²) >= 11 is 0.